The summed E-state index contributed by atoms with van der Waals surface area (Å²) in [6.07, 6.45) is 3.15. The van der Waals surface area contributed by atoms with Crippen molar-refractivity contribution in [2.45, 2.75) is 32.2 Å². The van der Waals surface area contributed by atoms with E-state index in [1.54, 1.807) is 4.90 Å². The topological polar surface area (TPSA) is 32.3 Å². The monoisotopic (exact) mass is 184 g/mol. The normalized spacial score (nSPS) is 24.4. The lowest BCUT2D eigenvalue weighted by molar-refractivity contribution is -0.129. The minimum Gasteiger partial charge on any atom is -0.349 e. The molecule has 3 heteroatoms. The average molecular weight is 184 g/mol. The lowest BCUT2D eigenvalue weighted by Gasteiger charge is -2.20. The van der Waals surface area contributed by atoms with Gasteiger partial charge in [-0.3, -0.25) is 4.79 Å². The molecule has 0 aromatic rings. The molecule has 76 valence electrons. The summed E-state index contributed by atoms with van der Waals surface area (Å²) < 4.78 is 0. The van der Waals surface area contributed by atoms with Crippen LogP contribution in [0.15, 0.2) is 0 Å². The maximum Gasteiger partial charge on any atom is 0.222 e. The van der Waals surface area contributed by atoms with Gasteiger partial charge in [-0.05, 0) is 25.3 Å². The van der Waals surface area contributed by atoms with Gasteiger partial charge in [-0.25, -0.2) is 0 Å². The van der Waals surface area contributed by atoms with Crippen molar-refractivity contribution in [3.8, 4) is 0 Å². The Morgan fingerprint density at radius 2 is 2.31 bits per heavy atom. The molecule has 2 atom stereocenters. The van der Waals surface area contributed by atoms with Crippen molar-refractivity contribution in [1.82, 2.24) is 10.2 Å². The molecule has 3 nitrogen and oxygen atoms in total. The van der Waals surface area contributed by atoms with Gasteiger partial charge < -0.3 is 10.2 Å². The molecule has 0 radical (unpaired) electrons. The van der Waals surface area contributed by atoms with Crippen LogP contribution in [0.1, 0.15) is 26.2 Å². The number of rotatable bonds is 3. The predicted octanol–water partition coefficient (Wildman–Crippen LogP) is 0.853. The van der Waals surface area contributed by atoms with Crippen LogP contribution < -0.4 is 5.32 Å². The van der Waals surface area contributed by atoms with Gasteiger partial charge in [0.2, 0.25) is 5.91 Å². The molecular weight excluding hydrogens is 164 g/mol. The minimum absolute atomic E-state index is 0.237. The van der Waals surface area contributed by atoms with Crippen LogP contribution in [0.5, 0.6) is 0 Å². The van der Waals surface area contributed by atoms with E-state index in [0.29, 0.717) is 18.4 Å². The van der Waals surface area contributed by atoms with Crippen molar-refractivity contribution >= 4 is 5.91 Å². The molecule has 0 unspecified atom stereocenters. The van der Waals surface area contributed by atoms with Crippen LogP contribution in [0.4, 0.5) is 0 Å². The summed E-state index contributed by atoms with van der Waals surface area (Å²) in [5.74, 6) is 0.707. The van der Waals surface area contributed by atoms with Crippen molar-refractivity contribution in [2.24, 2.45) is 5.92 Å². The van der Waals surface area contributed by atoms with Crippen LogP contribution in [0, 0.1) is 5.92 Å². The number of nitrogens with zero attached hydrogens (tertiary/aromatic N) is 1. The highest BCUT2D eigenvalue weighted by Crippen LogP contribution is 2.17. The smallest absolute Gasteiger partial charge is 0.222 e. The second-order valence-electron chi connectivity index (χ2n) is 4.17. The molecule has 13 heavy (non-hydrogen) atoms. The molecule has 1 saturated heterocycles. The average Bonchev–Trinajstić information content (AvgIpc) is 2.55. The predicted molar refractivity (Wildman–Crippen MR) is 53.5 cm³/mol. The van der Waals surface area contributed by atoms with E-state index in [2.05, 4.69) is 12.2 Å². The maximum atomic E-state index is 11.4. The summed E-state index contributed by atoms with van der Waals surface area (Å²) >= 11 is 0. The Bertz CT molecular complexity index is 174. The fourth-order valence-electron chi connectivity index (χ4n) is 1.80. The fourth-order valence-corrected chi connectivity index (χ4v) is 1.80. The van der Waals surface area contributed by atoms with Crippen molar-refractivity contribution < 1.29 is 4.79 Å². The van der Waals surface area contributed by atoms with Gasteiger partial charge in [0, 0.05) is 26.6 Å². The Kier molecular flexibility index (Phi) is 3.72. The van der Waals surface area contributed by atoms with Crippen molar-refractivity contribution in [3.63, 3.8) is 0 Å². The summed E-state index contributed by atoms with van der Waals surface area (Å²) in [5.41, 5.74) is 0. The second kappa shape index (κ2) is 4.61. The molecule has 0 bridgehead atoms. The lowest BCUT2D eigenvalue weighted by Crippen LogP contribution is -2.33. The highest BCUT2D eigenvalue weighted by molar-refractivity contribution is 5.75. The van der Waals surface area contributed by atoms with Crippen LogP contribution in [-0.2, 0) is 4.79 Å². The first-order chi connectivity index (χ1) is 6.11. The highest BCUT2D eigenvalue weighted by Gasteiger charge is 2.23. The number of hydrogen-bond acceptors (Lipinski definition) is 2. The van der Waals surface area contributed by atoms with E-state index >= 15 is 0 Å². The first kappa shape index (κ1) is 10.5. The van der Waals surface area contributed by atoms with Crippen LogP contribution >= 0.6 is 0 Å². The van der Waals surface area contributed by atoms with Gasteiger partial charge in [0.15, 0.2) is 0 Å². The Balaban J connectivity index is 2.31. The fraction of sp³-hybridized carbons (Fsp3) is 0.900. The molecule has 1 aliphatic rings. The maximum absolute atomic E-state index is 11.4. The van der Waals surface area contributed by atoms with Gasteiger partial charge in [0.25, 0.3) is 0 Å². The minimum atomic E-state index is 0.237. The molecule has 0 aromatic carbocycles. The number of hydrogen-bond donors (Lipinski definition) is 1. The third kappa shape index (κ3) is 2.99. The van der Waals surface area contributed by atoms with Gasteiger partial charge in [-0.2, -0.15) is 0 Å². The van der Waals surface area contributed by atoms with Crippen molar-refractivity contribution in [2.75, 3.05) is 20.6 Å². The standard InChI is InChI=1S/C10H20N2O/c1-8(7-10(13)12(2)3)9-5-4-6-11-9/h8-9,11H,4-7H2,1-3H3/t8-,9+/m1/s1. The molecule has 1 fully saturated rings. The van der Waals surface area contributed by atoms with Gasteiger partial charge in [0.1, 0.15) is 0 Å². The van der Waals surface area contributed by atoms with E-state index in [9.17, 15) is 4.79 Å². The summed E-state index contributed by atoms with van der Waals surface area (Å²) in [6, 6.07) is 0.559. The number of carbonyl (C=O) groups is 1. The van der Waals surface area contributed by atoms with Crippen LogP contribution in [0.25, 0.3) is 0 Å². The first-order valence-electron chi connectivity index (χ1n) is 5.05. The summed E-state index contributed by atoms with van der Waals surface area (Å²) in [5, 5.41) is 3.43. The quantitative estimate of drug-likeness (QED) is 0.705. The molecule has 0 spiro atoms. The van der Waals surface area contributed by atoms with Gasteiger partial charge >= 0.3 is 0 Å². The zero-order valence-electron chi connectivity index (χ0n) is 8.84. The third-order valence-corrected chi connectivity index (χ3v) is 2.78. The van der Waals surface area contributed by atoms with Crippen LogP contribution in [-0.4, -0.2) is 37.5 Å². The SMILES string of the molecule is C[C@H](CC(=O)N(C)C)[C@@H]1CCCN1. The zero-order chi connectivity index (χ0) is 9.84. The molecule has 0 saturated carbocycles. The second-order valence-corrected chi connectivity index (χ2v) is 4.17. The lowest BCUT2D eigenvalue weighted by atomic mass is 9.96. The summed E-state index contributed by atoms with van der Waals surface area (Å²) in [7, 11) is 3.63. The first-order valence-corrected chi connectivity index (χ1v) is 5.05. The molecule has 1 N–H and O–H groups in total. The summed E-state index contributed by atoms with van der Waals surface area (Å²) in [4.78, 5) is 13.1. The van der Waals surface area contributed by atoms with Crippen molar-refractivity contribution in [3.05, 3.63) is 0 Å². The van der Waals surface area contributed by atoms with Gasteiger partial charge in [0.05, 0.1) is 0 Å². The molecule has 0 aromatic heterocycles. The number of amides is 1. The Hall–Kier alpha value is -0.570. The van der Waals surface area contributed by atoms with E-state index < -0.39 is 0 Å². The van der Waals surface area contributed by atoms with E-state index in [1.807, 2.05) is 14.1 Å². The largest absolute Gasteiger partial charge is 0.349 e. The molecule has 0 aliphatic carbocycles. The Morgan fingerprint density at radius 1 is 1.62 bits per heavy atom. The molecule has 1 heterocycles. The van der Waals surface area contributed by atoms with Crippen LogP contribution in [0.2, 0.25) is 0 Å². The van der Waals surface area contributed by atoms with E-state index in [1.165, 1.54) is 12.8 Å². The zero-order valence-corrected chi connectivity index (χ0v) is 8.84. The Morgan fingerprint density at radius 3 is 2.77 bits per heavy atom. The van der Waals surface area contributed by atoms with E-state index in [-0.39, 0.29) is 5.91 Å². The highest BCUT2D eigenvalue weighted by atomic mass is 16.2. The molecule has 1 rings (SSSR count). The number of carbonyl (C=O) groups excluding carboxylic acids is 1. The molecule has 1 amide bonds. The molecular formula is C10H20N2O. The Labute approximate surface area is 80.5 Å². The third-order valence-electron chi connectivity index (χ3n) is 2.78. The van der Waals surface area contributed by atoms with Crippen LogP contribution in [0.3, 0.4) is 0 Å². The van der Waals surface area contributed by atoms with E-state index in [4.69, 9.17) is 0 Å². The van der Waals surface area contributed by atoms with E-state index in [0.717, 1.165) is 6.54 Å². The molecule has 1 aliphatic heterocycles. The van der Waals surface area contributed by atoms with Gasteiger partial charge in [-0.1, -0.05) is 6.92 Å². The summed E-state index contributed by atoms with van der Waals surface area (Å²) in [6.45, 7) is 3.27. The number of nitrogens with one attached hydrogen (secondary N) is 1. The van der Waals surface area contributed by atoms with Gasteiger partial charge in [-0.15, -0.1) is 0 Å². The van der Waals surface area contributed by atoms with Crippen molar-refractivity contribution in [1.29, 1.82) is 0 Å².